The van der Waals surface area contributed by atoms with Crippen molar-refractivity contribution in [2.45, 2.75) is 31.2 Å². The van der Waals surface area contributed by atoms with Gasteiger partial charge in [0.1, 0.15) is 4.90 Å². The van der Waals surface area contributed by atoms with Crippen LogP contribution in [0, 0.1) is 0 Å². The third kappa shape index (κ3) is 6.01. The Morgan fingerprint density at radius 3 is 2.44 bits per heavy atom. The normalized spacial score (nSPS) is 12.2. The van der Waals surface area contributed by atoms with Gasteiger partial charge in [-0.25, -0.2) is 13.2 Å². The van der Waals surface area contributed by atoms with E-state index >= 15 is 0 Å². The summed E-state index contributed by atoms with van der Waals surface area (Å²) < 4.78 is 39.5. The number of sulfonamides is 1. The van der Waals surface area contributed by atoms with E-state index in [1.165, 1.54) is 44.6 Å². The minimum absolute atomic E-state index is 0.0611. The van der Waals surface area contributed by atoms with Crippen LogP contribution in [-0.4, -0.2) is 45.7 Å². The molecule has 0 aliphatic heterocycles. The van der Waals surface area contributed by atoms with Crippen LogP contribution in [0.4, 0.5) is 5.69 Å². The number of nitrogens with one attached hydrogen (secondary N) is 2. The summed E-state index contributed by atoms with van der Waals surface area (Å²) in [6.07, 6.45) is 2.82. The molecule has 0 fully saturated rings. The number of carbonyl (C=O) groups is 2. The van der Waals surface area contributed by atoms with E-state index in [4.69, 9.17) is 14.6 Å². The molecule has 2 rings (SSSR count). The fourth-order valence-corrected chi connectivity index (χ4v) is 4.08. The molecule has 3 N–H and O–H groups in total. The van der Waals surface area contributed by atoms with Gasteiger partial charge in [-0.2, -0.15) is 0 Å². The molecular weight excluding hydrogens is 436 g/mol. The first-order chi connectivity index (χ1) is 15.1. The van der Waals surface area contributed by atoms with Crippen LogP contribution >= 0.6 is 0 Å². The molecule has 1 unspecified atom stereocenters. The molecule has 172 valence electrons. The van der Waals surface area contributed by atoms with Crippen molar-refractivity contribution in [3.05, 3.63) is 53.6 Å². The molecule has 2 aromatic carbocycles. The van der Waals surface area contributed by atoms with Crippen LogP contribution in [-0.2, 0) is 14.8 Å². The van der Waals surface area contributed by atoms with Gasteiger partial charge in [0.25, 0.3) is 15.9 Å². The highest BCUT2D eigenvalue weighted by atomic mass is 32.2. The van der Waals surface area contributed by atoms with Crippen molar-refractivity contribution in [2.75, 3.05) is 18.9 Å². The zero-order chi connectivity index (χ0) is 23.9. The van der Waals surface area contributed by atoms with Crippen LogP contribution in [0.1, 0.15) is 36.2 Å². The molecule has 0 saturated carbocycles. The number of carboxylic acids is 1. The van der Waals surface area contributed by atoms with Gasteiger partial charge in [-0.3, -0.25) is 9.52 Å². The Bertz CT molecular complexity index is 1130. The average molecular weight is 463 g/mol. The summed E-state index contributed by atoms with van der Waals surface area (Å²) in [7, 11) is -1.63. The van der Waals surface area contributed by atoms with E-state index in [1.54, 1.807) is 12.1 Å². The summed E-state index contributed by atoms with van der Waals surface area (Å²) in [6, 6.07) is 8.83. The number of hydrogen-bond donors (Lipinski definition) is 3. The van der Waals surface area contributed by atoms with E-state index in [0.717, 1.165) is 6.08 Å². The molecule has 0 saturated heterocycles. The summed E-state index contributed by atoms with van der Waals surface area (Å²) in [4.78, 5) is 23.2. The Kier molecular flexibility index (Phi) is 8.25. The third-order valence-electron chi connectivity index (χ3n) is 4.58. The number of hydrogen-bond acceptors (Lipinski definition) is 6. The maximum absolute atomic E-state index is 13.3. The SMILES string of the molecule is CCC(C)NC(=O)c1ccccc1NS(=O)(=O)c1cc(/C=C/C(=O)O)cc(OC)c1OC. The third-order valence-corrected chi connectivity index (χ3v) is 5.95. The second-order valence-corrected chi connectivity index (χ2v) is 8.51. The number of methoxy groups -OCH3 is 2. The quantitative estimate of drug-likeness (QED) is 0.462. The van der Waals surface area contributed by atoms with Crippen LogP contribution in [0.2, 0.25) is 0 Å². The molecular formula is C22H26N2O7S. The Balaban J connectivity index is 2.54. The number of ether oxygens (including phenoxy) is 2. The predicted octanol–water partition coefficient (Wildman–Crippen LogP) is 3.13. The zero-order valence-corrected chi connectivity index (χ0v) is 19.0. The lowest BCUT2D eigenvalue weighted by atomic mass is 10.1. The number of aliphatic carboxylic acids is 1. The van der Waals surface area contributed by atoms with E-state index in [2.05, 4.69) is 10.0 Å². The molecule has 1 amide bonds. The van der Waals surface area contributed by atoms with E-state index in [-0.39, 0.29) is 39.3 Å². The summed E-state index contributed by atoms with van der Waals surface area (Å²) >= 11 is 0. The number of amides is 1. The van der Waals surface area contributed by atoms with Gasteiger partial charge in [-0.15, -0.1) is 0 Å². The van der Waals surface area contributed by atoms with E-state index in [1.807, 2.05) is 13.8 Å². The van der Waals surface area contributed by atoms with Crippen molar-refractivity contribution in [1.82, 2.24) is 5.32 Å². The lowest BCUT2D eigenvalue weighted by Gasteiger charge is -2.17. The van der Waals surface area contributed by atoms with Crippen LogP contribution in [0.3, 0.4) is 0 Å². The molecule has 9 nitrogen and oxygen atoms in total. The molecule has 0 bridgehead atoms. The van der Waals surface area contributed by atoms with Crippen molar-refractivity contribution < 1.29 is 32.6 Å². The molecule has 10 heteroatoms. The molecule has 0 spiro atoms. The summed E-state index contributed by atoms with van der Waals surface area (Å²) in [5.41, 5.74) is 0.512. The number of rotatable bonds is 10. The maximum atomic E-state index is 13.3. The second-order valence-electron chi connectivity index (χ2n) is 6.86. The summed E-state index contributed by atoms with van der Waals surface area (Å²) in [5, 5.41) is 11.7. The van der Waals surface area contributed by atoms with Gasteiger partial charge >= 0.3 is 5.97 Å². The molecule has 0 aliphatic rings. The largest absolute Gasteiger partial charge is 0.493 e. The topological polar surface area (TPSA) is 131 Å². The van der Waals surface area contributed by atoms with Crippen LogP contribution in [0.15, 0.2) is 47.4 Å². The standard InChI is InChI=1S/C22H26N2O7S/c1-5-14(2)23-22(27)16-8-6-7-9-17(16)24-32(28,29)19-13-15(10-11-20(25)26)12-18(30-3)21(19)31-4/h6-14,24H,5H2,1-4H3,(H,23,27)(H,25,26)/b11-10+. The Morgan fingerprint density at radius 1 is 1.16 bits per heavy atom. The maximum Gasteiger partial charge on any atom is 0.328 e. The predicted molar refractivity (Wildman–Crippen MR) is 121 cm³/mol. The first-order valence-corrected chi connectivity index (χ1v) is 11.2. The van der Waals surface area contributed by atoms with Gasteiger partial charge in [0, 0.05) is 12.1 Å². The van der Waals surface area contributed by atoms with Crippen molar-refractivity contribution in [1.29, 1.82) is 0 Å². The summed E-state index contributed by atoms with van der Waals surface area (Å²) in [6.45, 7) is 3.77. The average Bonchev–Trinajstić information content (AvgIpc) is 2.76. The molecule has 0 aromatic heterocycles. The summed E-state index contributed by atoms with van der Waals surface area (Å²) in [5.74, 6) is -1.57. The van der Waals surface area contributed by atoms with E-state index in [9.17, 15) is 18.0 Å². The van der Waals surface area contributed by atoms with Crippen molar-refractivity contribution >= 4 is 33.7 Å². The highest BCUT2D eigenvalue weighted by Gasteiger charge is 2.26. The van der Waals surface area contributed by atoms with Crippen LogP contribution in [0.5, 0.6) is 11.5 Å². The Hall–Kier alpha value is -3.53. The minimum Gasteiger partial charge on any atom is -0.493 e. The second kappa shape index (κ2) is 10.7. The van der Waals surface area contributed by atoms with Gasteiger partial charge in [-0.1, -0.05) is 19.1 Å². The molecule has 1 atom stereocenters. The fraction of sp³-hybridized carbons (Fsp3) is 0.273. The van der Waals surface area contributed by atoms with E-state index < -0.39 is 21.9 Å². The molecule has 0 aliphatic carbocycles. The highest BCUT2D eigenvalue weighted by Crippen LogP contribution is 2.37. The monoisotopic (exact) mass is 462 g/mol. The number of para-hydroxylation sites is 1. The molecule has 0 heterocycles. The van der Waals surface area contributed by atoms with Crippen molar-refractivity contribution in [2.24, 2.45) is 0 Å². The fourth-order valence-electron chi connectivity index (χ4n) is 2.79. The number of carboxylic acid groups (broad SMARTS) is 1. The van der Waals surface area contributed by atoms with Crippen LogP contribution in [0.25, 0.3) is 6.08 Å². The Morgan fingerprint density at radius 2 is 1.84 bits per heavy atom. The van der Waals surface area contributed by atoms with E-state index in [0.29, 0.717) is 6.42 Å². The molecule has 0 radical (unpaired) electrons. The molecule has 32 heavy (non-hydrogen) atoms. The number of anilines is 1. The van der Waals surface area contributed by atoms with Crippen molar-refractivity contribution in [3.63, 3.8) is 0 Å². The van der Waals surface area contributed by atoms with Gasteiger partial charge in [0.05, 0.1) is 25.5 Å². The lowest BCUT2D eigenvalue weighted by molar-refractivity contribution is -0.131. The van der Waals surface area contributed by atoms with Gasteiger partial charge in [-0.05, 0) is 49.2 Å². The number of benzene rings is 2. The van der Waals surface area contributed by atoms with Gasteiger partial charge < -0.3 is 19.9 Å². The number of carbonyl (C=O) groups excluding carboxylic acids is 1. The molecule has 2 aromatic rings. The Labute approximate surface area is 187 Å². The van der Waals surface area contributed by atoms with Crippen molar-refractivity contribution in [3.8, 4) is 11.5 Å². The lowest BCUT2D eigenvalue weighted by Crippen LogP contribution is -2.32. The van der Waals surface area contributed by atoms with Crippen LogP contribution < -0.4 is 19.5 Å². The minimum atomic E-state index is -4.26. The zero-order valence-electron chi connectivity index (χ0n) is 18.2. The first kappa shape index (κ1) is 24.7. The highest BCUT2D eigenvalue weighted by molar-refractivity contribution is 7.92. The first-order valence-electron chi connectivity index (χ1n) is 9.72. The smallest absolute Gasteiger partial charge is 0.328 e. The van der Waals surface area contributed by atoms with Gasteiger partial charge in [0.2, 0.25) is 0 Å². The van der Waals surface area contributed by atoms with Gasteiger partial charge in [0.15, 0.2) is 11.5 Å².